The zero-order chi connectivity index (χ0) is 15.2. The monoisotopic (exact) mass is 294 g/mol. The summed E-state index contributed by atoms with van der Waals surface area (Å²) in [5, 5.41) is 0. The average molecular weight is 294 g/mol. The summed E-state index contributed by atoms with van der Waals surface area (Å²) in [7, 11) is 0. The zero-order valence-electron chi connectivity index (χ0n) is 13.1. The Morgan fingerprint density at radius 2 is 2.24 bits per heavy atom. The normalized spacial score (nSPS) is 21.7. The van der Waals surface area contributed by atoms with E-state index in [2.05, 4.69) is 18.7 Å². The standard InChI is InChI=1S/C17H27FN2O/c1-3-16(19)17(13-7-5-8-14(18)11-13)20(4-2)12-15-9-6-10-21-15/h5,7-8,11,15-17H,3-4,6,9-10,12,19H2,1-2H3. The smallest absolute Gasteiger partial charge is 0.123 e. The van der Waals surface area contributed by atoms with E-state index in [-0.39, 0.29) is 24.0 Å². The number of likely N-dealkylation sites (N-methyl/N-ethyl adjacent to an activating group) is 1. The molecule has 1 heterocycles. The molecule has 118 valence electrons. The first-order chi connectivity index (χ1) is 10.2. The SMILES string of the molecule is CCC(N)C(c1cccc(F)c1)N(CC)CC1CCCO1. The number of benzene rings is 1. The lowest BCUT2D eigenvalue weighted by atomic mass is 9.95. The Morgan fingerprint density at radius 3 is 2.81 bits per heavy atom. The van der Waals surface area contributed by atoms with Gasteiger partial charge in [-0.1, -0.05) is 26.0 Å². The summed E-state index contributed by atoms with van der Waals surface area (Å²) < 4.78 is 19.3. The maximum Gasteiger partial charge on any atom is 0.123 e. The molecule has 0 saturated carbocycles. The second-order valence-corrected chi connectivity index (χ2v) is 5.79. The van der Waals surface area contributed by atoms with Crippen LogP contribution >= 0.6 is 0 Å². The van der Waals surface area contributed by atoms with E-state index in [4.69, 9.17) is 10.5 Å². The van der Waals surface area contributed by atoms with E-state index >= 15 is 0 Å². The largest absolute Gasteiger partial charge is 0.377 e. The molecule has 0 aromatic heterocycles. The first-order valence-electron chi connectivity index (χ1n) is 8.02. The van der Waals surface area contributed by atoms with Crippen LogP contribution in [0.15, 0.2) is 24.3 Å². The van der Waals surface area contributed by atoms with Crippen LogP contribution in [0.3, 0.4) is 0 Å². The molecule has 2 N–H and O–H groups in total. The summed E-state index contributed by atoms with van der Waals surface area (Å²) in [6, 6.07) is 6.86. The summed E-state index contributed by atoms with van der Waals surface area (Å²) >= 11 is 0. The minimum atomic E-state index is -0.200. The van der Waals surface area contributed by atoms with Crippen LogP contribution in [0.25, 0.3) is 0 Å². The quantitative estimate of drug-likeness (QED) is 0.840. The Morgan fingerprint density at radius 1 is 1.43 bits per heavy atom. The molecule has 1 aliphatic heterocycles. The van der Waals surface area contributed by atoms with Crippen molar-refractivity contribution in [1.29, 1.82) is 0 Å². The van der Waals surface area contributed by atoms with Crippen molar-refractivity contribution in [3.05, 3.63) is 35.6 Å². The van der Waals surface area contributed by atoms with Gasteiger partial charge in [-0.15, -0.1) is 0 Å². The second kappa shape index (κ2) is 7.87. The number of hydrogen-bond acceptors (Lipinski definition) is 3. The van der Waals surface area contributed by atoms with E-state index in [9.17, 15) is 4.39 Å². The van der Waals surface area contributed by atoms with Gasteiger partial charge < -0.3 is 10.5 Å². The molecule has 1 aromatic carbocycles. The first kappa shape index (κ1) is 16.4. The number of halogens is 1. The van der Waals surface area contributed by atoms with Gasteiger partial charge >= 0.3 is 0 Å². The minimum absolute atomic E-state index is 0.00634. The van der Waals surface area contributed by atoms with Crippen molar-refractivity contribution in [2.24, 2.45) is 5.73 Å². The lowest BCUT2D eigenvalue weighted by Crippen LogP contribution is -2.44. The van der Waals surface area contributed by atoms with Gasteiger partial charge in [-0.05, 0) is 43.5 Å². The Kier molecular flexibility index (Phi) is 6.15. The van der Waals surface area contributed by atoms with Crippen molar-refractivity contribution in [2.75, 3.05) is 19.7 Å². The van der Waals surface area contributed by atoms with Gasteiger partial charge in [0, 0.05) is 19.2 Å². The Balaban J connectivity index is 2.20. The van der Waals surface area contributed by atoms with Crippen molar-refractivity contribution in [2.45, 2.75) is 51.3 Å². The first-order valence-corrected chi connectivity index (χ1v) is 8.02. The highest BCUT2D eigenvalue weighted by molar-refractivity contribution is 5.22. The fourth-order valence-corrected chi connectivity index (χ4v) is 3.13. The molecule has 0 radical (unpaired) electrons. The fourth-order valence-electron chi connectivity index (χ4n) is 3.13. The lowest BCUT2D eigenvalue weighted by Gasteiger charge is -2.36. The molecule has 1 aromatic rings. The number of hydrogen-bond donors (Lipinski definition) is 1. The number of nitrogens with zero attached hydrogens (tertiary/aromatic N) is 1. The van der Waals surface area contributed by atoms with Crippen molar-refractivity contribution in [1.82, 2.24) is 4.90 Å². The molecule has 1 saturated heterocycles. The maximum atomic E-state index is 13.6. The topological polar surface area (TPSA) is 38.5 Å². The van der Waals surface area contributed by atoms with Gasteiger partial charge in [0.2, 0.25) is 0 Å². The summed E-state index contributed by atoms with van der Waals surface area (Å²) in [5.41, 5.74) is 7.31. The highest BCUT2D eigenvalue weighted by Crippen LogP contribution is 2.27. The number of ether oxygens (including phenoxy) is 1. The van der Waals surface area contributed by atoms with Crippen LogP contribution in [-0.2, 0) is 4.74 Å². The van der Waals surface area contributed by atoms with Crippen LogP contribution in [0, 0.1) is 5.82 Å². The molecule has 2 rings (SSSR count). The van der Waals surface area contributed by atoms with E-state index in [0.29, 0.717) is 0 Å². The van der Waals surface area contributed by atoms with Crippen molar-refractivity contribution in [3.63, 3.8) is 0 Å². The summed E-state index contributed by atoms with van der Waals surface area (Å²) in [6.45, 7) is 6.81. The van der Waals surface area contributed by atoms with Gasteiger partial charge in [0.1, 0.15) is 5.82 Å². The Hall–Kier alpha value is -0.970. The highest BCUT2D eigenvalue weighted by Gasteiger charge is 2.28. The molecule has 0 spiro atoms. The molecule has 4 heteroatoms. The summed E-state index contributed by atoms with van der Waals surface area (Å²) in [6.07, 6.45) is 3.38. The molecule has 3 atom stereocenters. The molecule has 1 fully saturated rings. The molecular weight excluding hydrogens is 267 g/mol. The maximum absolute atomic E-state index is 13.6. The van der Waals surface area contributed by atoms with E-state index in [1.165, 1.54) is 6.07 Å². The van der Waals surface area contributed by atoms with Gasteiger partial charge in [0.25, 0.3) is 0 Å². The highest BCUT2D eigenvalue weighted by atomic mass is 19.1. The molecule has 0 aliphatic carbocycles. The van der Waals surface area contributed by atoms with Crippen LogP contribution < -0.4 is 5.73 Å². The lowest BCUT2D eigenvalue weighted by molar-refractivity contribution is 0.0530. The third-order valence-electron chi connectivity index (χ3n) is 4.33. The van der Waals surface area contributed by atoms with Gasteiger partial charge in [0.15, 0.2) is 0 Å². The van der Waals surface area contributed by atoms with Crippen molar-refractivity contribution < 1.29 is 9.13 Å². The van der Waals surface area contributed by atoms with Crippen LogP contribution in [-0.4, -0.2) is 36.7 Å². The van der Waals surface area contributed by atoms with Gasteiger partial charge in [-0.2, -0.15) is 0 Å². The predicted octanol–water partition coefficient (Wildman–Crippen LogP) is 3.11. The van der Waals surface area contributed by atoms with Crippen LogP contribution in [0.4, 0.5) is 4.39 Å². The number of rotatable bonds is 7. The van der Waals surface area contributed by atoms with Gasteiger partial charge in [0.05, 0.1) is 12.1 Å². The van der Waals surface area contributed by atoms with Gasteiger partial charge in [-0.25, -0.2) is 4.39 Å². The third kappa shape index (κ3) is 4.25. The fraction of sp³-hybridized carbons (Fsp3) is 0.647. The van der Waals surface area contributed by atoms with Gasteiger partial charge in [-0.3, -0.25) is 4.90 Å². The van der Waals surface area contributed by atoms with E-state index in [0.717, 1.165) is 44.5 Å². The van der Waals surface area contributed by atoms with Crippen molar-refractivity contribution >= 4 is 0 Å². The summed E-state index contributed by atoms with van der Waals surface area (Å²) in [5.74, 6) is -0.200. The van der Waals surface area contributed by atoms with E-state index in [1.54, 1.807) is 12.1 Å². The average Bonchev–Trinajstić information content (AvgIpc) is 2.99. The van der Waals surface area contributed by atoms with E-state index < -0.39 is 0 Å². The molecule has 3 unspecified atom stereocenters. The van der Waals surface area contributed by atoms with Crippen molar-refractivity contribution in [3.8, 4) is 0 Å². The third-order valence-corrected chi connectivity index (χ3v) is 4.33. The number of nitrogens with two attached hydrogens (primary N) is 1. The Bertz CT molecular complexity index is 435. The molecule has 0 bridgehead atoms. The molecular formula is C17H27FN2O. The Labute approximate surface area is 127 Å². The molecule has 0 amide bonds. The minimum Gasteiger partial charge on any atom is -0.377 e. The predicted molar refractivity (Wildman–Crippen MR) is 83.6 cm³/mol. The molecule has 21 heavy (non-hydrogen) atoms. The second-order valence-electron chi connectivity index (χ2n) is 5.79. The zero-order valence-corrected chi connectivity index (χ0v) is 13.1. The molecule has 3 nitrogen and oxygen atoms in total. The van der Waals surface area contributed by atoms with Crippen LogP contribution in [0.1, 0.15) is 44.7 Å². The summed E-state index contributed by atoms with van der Waals surface area (Å²) in [4.78, 5) is 2.33. The van der Waals surface area contributed by atoms with Crippen LogP contribution in [0.5, 0.6) is 0 Å². The molecule has 1 aliphatic rings. The van der Waals surface area contributed by atoms with E-state index in [1.807, 2.05) is 6.07 Å². The van der Waals surface area contributed by atoms with Crippen LogP contribution in [0.2, 0.25) is 0 Å².